The number of aryl methyl sites for hydroxylation is 1. The van der Waals surface area contributed by atoms with Crippen LogP contribution in [0.3, 0.4) is 0 Å². The van der Waals surface area contributed by atoms with Crippen LogP contribution in [-0.2, 0) is 6.61 Å². The summed E-state index contributed by atoms with van der Waals surface area (Å²) in [7, 11) is 0. The third-order valence-corrected chi connectivity index (χ3v) is 4.77. The number of benzene rings is 1. The number of aliphatic hydroxyl groups is 2. The van der Waals surface area contributed by atoms with E-state index in [0.717, 1.165) is 18.4 Å². The van der Waals surface area contributed by atoms with E-state index in [0.29, 0.717) is 28.3 Å². The predicted octanol–water partition coefficient (Wildman–Crippen LogP) is 2.38. The molecule has 1 aliphatic carbocycles. The third-order valence-electron chi connectivity index (χ3n) is 3.75. The van der Waals surface area contributed by atoms with E-state index in [1.165, 1.54) is 23.9 Å². The van der Waals surface area contributed by atoms with Crippen molar-refractivity contribution >= 4 is 11.8 Å². The molecular formula is C15H18FN3O2S. The van der Waals surface area contributed by atoms with Gasteiger partial charge in [0.25, 0.3) is 0 Å². The van der Waals surface area contributed by atoms with E-state index in [4.69, 9.17) is 0 Å². The molecule has 0 saturated heterocycles. The largest absolute Gasteiger partial charge is 0.388 e. The van der Waals surface area contributed by atoms with Crippen molar-refractivity contribution in [3.63, 3.8) is 0 Å². The van der Waals surface area contributed by atoms with Gasteiger partial charge >= 0.3 is 0 Å². The molecule has 0 aliphatic heterocycles. The molecule has 1 fully saturated rings. The average Bonchev–Trinajstić information content (AvgIpc) is 3.24. The molecule has 1 aromatic carbocycles. The van der Waals surface area contributed by atoms with Crippen LogP contribution < -0.4 is 0 Å². The van der Waals surface area contributed by atoms with Crippen LogP contribution in [0.2, 0.25) is 0 Å². The lowest BCUT2D eigenvalue weighted by Gasteiger charge is -2.14. The Bertz CT molecular complexity index is 673. The average molecular weight is 323 g/mol. The van der Waals surface area contributed by atoms with Gasteiger partial charge < -0.3 is 14.8 Å². The Morgan fingerprint density at radius 2 is 2.18 bits per heavy atom. The first-order valence-electron chi connectivity index (χ1n) is 7.21. The molecule has 1 atom stereocenters. The number of aromatic nitrogens is 3. The molecular weight excluding hydrogens is 305 g/mol. The zero-order chi connectivity index (χ0) is 15.7. The van der Waals surface area contributed by atoms with E-state index in [1.807, 2.05) is 4.57 Å². The minimum absolute atomic E-state index is 0.135. The second-order valence-corrected chi connectivity index (χ2v) is 6.47. The predicted molar refractivity (Wildman–Crippen MR) is 81.0 cm³/mol. The van der Waals surface area contributed by atoms with Crippen LogP contribution in [0.15, 0.2) is 23.4 Å². The fourth-order valence-electron chi connectivity index (χ4n) is 2.47. The SMILES string of the molecule is Cc1cc(F)ccc1C(O)CSc1nnc(CO)n1C1CC1. The summed E-state index contributed by atoms with van der Waals surface area (Å²) in [6.07, 6.45) is 1.43. The summed E-state index contributed by atoms with van der Waals surface area (Å²) in [5.41, 5.74) is 1.45. The highest BCUT2D eigenvalue weighted by Crippen LogP contribution is 2.39. The Hall–Kier alpha value is -1.44. The number of hydrogen-bond donors (Lipinski definition) is 2. The Balaban J connectivity index is 1.71. The quantitative estimate of drug-likeness (QED) is 0.799. The lowest BCUT2D eigenvalue weighted by atomic mass is 10.0. The molecule has 5 nitrogen and oxygen atoms in total. The van der Waals surface area contributed by atoms with Crippen molar-refractivity contribution < 1.29 is 14.6 Å². The second kappa shape index (κ2) is 6.36. The zero-order valence-electron chi connectivity index (χ0n) is 12.2. The van der Waals surface area contributed by atoms with Crippen molar-refractivity contribution in [2.75, 3.05) is 5.75 Å². The summed E-state index contributed by atoms with van der Waals surface area (Å²) in [6.45, 7) is 1.65. The van der Waals surface area contributed by atoms with Crippen molar-refractivity contribution in [2.45, 2.75) is 43.7 Å². The monoisotopic (exact) mass is 323 g/mol. The zero-order valence-corrected chi connectivity index (χ0v) is 13.1. The third kappa shape index (κ3) is 3.16. The first-order chi connectivity index (χ1) is 10.6. The van der Waals surface area contributed by atoms with Crippen LogP contribution >= 0.6 is 11.8 Å². The van der Waals surface area contributed by atoms with Gasteiger partial charge in [0, 0.05) is 11.8 Å². The van der Waals surface area contributed by atoms with Gasteiger partial charge in [-0.15, -0.1) is 10.2 Å². The first kappa shape index (κ1) is 15.5. The van der Waals surface area contributed by atoms with E-state index in [1.54, 1.807) is 13.0 Å². The van der Waals surface area contributed by atoms with E-state index < -0.39 is 6.10 Å². The molecule has 0 radical (unpaired) electrons. The van der Waals surface area contributed by atoms with E-state index >= 15 is 0 Å². The molecule has 2 aromatic rings. The minimum Gasteiger partial charge on any atom is -0.388 e. The number of aliphatic hydroxyl groups excluding tert-OH is 2. The molecule has 3 rings (SSSR count). The molecule has 7 heteroatoms. The van der Waals surface area contributed by atoms with Crippen LogP contribution in [0.4, 0.5) is 4.39 Å². The number of halogens is 1. The summed E-state index contributed by atoms with van der Waals surface area (Å²) in [5, 5.41) is 28.4. The number of nitrogens with zero attached hydrogens (tertiary/aromatic N) is 3. The van der Waals surface area contributed by atoms with Crippen molar-refractivity contribution in [2.24, 2.45) is 0 Å². The highest BCUT2D eigenvalue weighted by Gasteiger charge is 2.29. The molecule has 1 aromatic heterocycles. The Labute approximate surface area is 132 Å². The molecule has 1 aliphatic rings. The van der Waals surface area contributed by atoms with Gasteiger partial charge in [0.15, 0.2) is 11.0 Å². The van der Waals surface area contributed by atoms with Crippen LogP contribution in [0.25, 0.3) is 0 Å². The normalized spacial score (nSPS) is 16.0. The van der Waals surface area contributed by atoms with Crippen LogP contribution in [0, 0.1) is 12.7 Å². The van der Waals surface area contributed by atoms with E-state index in [-0.39, 0.29) is 12.4 Å². The fraction of sp³-hybridized carbons (Fsp3) is 0.467. The molecule has 22 heavy (non-hydrogen) atoms. The summed E-state index contributed by atoms with van der Waals surface area (Å²) < 4.78 is 15.1. The molecule has 1 heterocycles. The van der Waals surface area contributed by atoms with Crippen molar-refractivity contribution in [3.05, 3.63) is 41.0 Å². The fourth-order valence-corrected chi connectivity index (χ4v) is 3.45. The maximum atomic E-state index is 13.1. The molecule has 0 bridgehead atoms. The highest BCUT2D eigenvalue weighted by molar-refractivity contribution is 7.99. The van der Waals surface area contributed by atoms with Gasteiger partial charge in [-0.3, -0.25) is 0 Å². The summed E-state index contributed by atoms with van der Waals surface area (Å²) in [5.74, 6) is 0.669. The molecule has 0 spiro atoms. The second-order valence-electron chi connectivity index (χ2n) is 5.49. The van der Waals surface area contributed by atoms with Crippen LogP contribution in [-0.4, -0.2) is 30.7 Å². The van der Waals surface area contributed by atoms with E-state index in [9.17, 15) is 14.6 Å². The van der Waals surface area contributed by atoms with Crippen molar-refractivity contribution in [1.29, 1.82) is 0 Å². The summed E-state index contributed by atoms with van der Waals surface area (Å²) >= 11 is 1.40. The van der Waals surface area contributed by atoms with Gasteiger partial charge in [-0.05, 0) is 43.0 Å². The van der Waals surface area contributed by atoms with Gasteiger partial charge in [0.05, 0.1) is 6.10 Å². The first-order valence-corrected chi connectivity index (χ1v) is 8.20. The minimum atomic E-state index is -0.701. The van der Waals surface area contributed by atoms with Gasteiger partial charge in [0.2, 0.25) is 0 Å². The van der Waals surface area contributed by atoms with Gasteiger partial charge in [-0.2, -0.15) is 0 Å². The smallest absolute Gasteiger partial charge is 0.191 e. The maximum Gasteiger partial charge on any atom is 0.191 e. The van der Waals surface area contributed by atoms with Crippen molar-refractivity contribution in [1.82, 2.24) is 14.8 Å². The van der Waals surface area contributed by atoms with Gasteiger partial charge in [0.1, 0.15) is 12.4 Å². The summed E-state index contributed by atoms with van der Waals surface area (Å²) in [6, 6.07) is 4.75. The van der Waals surface area contributed by atoms with Crippen LogP contribution in [0.5, 0.6) is 0 Å². The molecule has 2 N–H and O–H groups in total. The van der Waals surface area contributed by atoms with Gasteiger partial charge in [-0.25, -0.2) is 4.39 Å². The highest BCUT2D eigenvalue weighted by atomic mass is 32.2. The maximum absolute atomic E-state index is 13.1. The lowest BCUT2D eigenvalue weighted by molar-refractivity contribution is 0.203. The lowest BCUT2D eigenvalue weighted by Crippen LogP contribution is -2.06. The molecule has 1 unspecified atom stereocenters. The Morgan fingerprint density at radius 3 is 2.82 bits per heavy atom. The Morgan fingerprint density at radius 1 is 1.41 bits per heavy atom. The van der Waals surface area contributed by atoms with Crippen LogP contribution in [0.1, 0.15) is 41.9 Å². The number of thioether (sulfide) groups is 1. The standard InChI is InChI=1S/C15H18FN3O2S/c1-9-6-10(16)2-5-12(9)13(21)8-22-15-18-17-14(7-20)19(15)11-3-4-11/h2,5-6,11,13,20-21H,3-4,7-8H2,1H3. The number of rotatable bonds is 6. The molecule has 0 amide bonds. The molecule has 118 valence electrons. The topological polar surface area (TPSA) is 71.2 Å². The van der Waals surface area contributed by atoms with Crippen molar-refractivity contribution in [3.8, 4) is 0 Å². The molecule has 1 saturated carbocycles. The van der Waals surface area contributed by atoms with E-state index in [2.05, 4.69) is 10.2 Å². The summed E-state index contributed by atoms with van der Waals surface area (Å²) in [4.78, 5) is 0. The Kier molecular flexibility index (Phi) is 4.46. The number of hydrogen-bond acceptors (Lipinski definition) is 5. The van der Waals surface area contributed by atoms with Gasteiger partial charge in [-0.1, -0.05) is 17.8 Å².